The summed E-state index contributed by atoms with van der Waals surface area (Å²) < 4.78 is 6.14. The number of nitrogens with zero attached hydrogens (tertiary/aromatic N) is 1. The van der Waals surface area contributed by atoms with Gasteiger partial charge in [0.05, 0.1) is 0 Å². The van der Waals surface area contributed by atoms with Gasteiger partial charge in [-0.2, -0.15) is 0 Å². The van der Waals surface area contributed by atoms with Gasteiger partial charge in [-0.25, -0.2) is 4.79 Å². The zero-order valence-electron chi connectivity index (χ0n) is 17.1. The van der Waals surface area contributed by atoms with E-state index in [0.717, 1.165) is 27.9 Å². The lowest BCUT2D eigenvalue weighted by molar-refractivity contribution is -0.154. The van der Waals surface area contributed by atoms with E-state index in [1.807, 2.05) is 93.7 Å². The molecule has 0 bridgehead atoms. The molecule has 1 aromatic heterocycles. The second-order valence-electron chi connectivity index (χ2n) is 7.69. The zero-order valence-corrected chi connectivity index (χ0v) is 17.1. The molecule has 0 radical (unpaired) electrons. The fraction of sp³-hybridized carbons (Fsp3) is 0.280. The molecule has 4 nitrogen and oxygen atoms in total. The van der Waals surface area contributed by atoms with Gasteiger partial charge in [0.2, 0.25) is 0 Å². The molecular weight excluding hydrogens is 362 g/mol. The lowest BCUT2D eigenvalue weighted by Gasteiger charge is -2.24. The number of carboxylic acids is 1. The van der Waals surface area contributed by atoms with Crippen LogP contribution in [0.4, 0.5) is 0 Å². The molecule has 0 aliphatic rings. The predicted molar refractivity (Wildman–Crippen MR) is 115 cm³/mol. The monoisotopic (exact) mass is 389 g/mol. The van der Waals surface area contributed by atoms with Crippen LogP contribution in [0.1, 0.15) is 43.2 Å². The Morgan fingerprint density at radius 1 is 0.931 bits per heavy atom. The van der Waals surface area contributed by atoms with Crippen LogP contribution < -0.4 is 0 Å². The van der Waals surface area contributed by atoms with Gasteiger partial charge in [0.1, 0.15) is 6.10 Å². The van der Waals surface area contributed by atoms with Gasteiger partial charge in [0.25, 0.3) is 0 Å². The fourth-order valence-electron chi connectivity index (χ4n) is 3.27. The molecule has 0 aliphatic heterocycles. The molecule has 0 amide bonds. The Balaban J connectivity index is 1.91. The second kappa shape index (κ2) is 9.48. The van der Waals surface area contributed by atoms with E-state index in [4.69, 9.17) is 4.74 Å². The number of aliphatic carboxylic acids is 1. The highest BCUT2D eigenvalue weighted by Gasteiger charge is 2.26. The maximum atomic E-state index is 11.8. The van der Waals surface area contributed by atoms with Crippen LogP contribution in [0.2, 0.25) is 0 Å². The summed E-state index contributed by atoms with van der Waals surface area (Å²) in [6.45, 7) is 5.97. The lowest BCUT2D eigenvalue weighted by Crippen LogP contribution is -2.28. The van der Waals surface area contributed by atoms with Gasteiger partial charge in [0, 0.05) is 17.5 Å². The van der Waals surface area contributed by atoms with Crippen molar-refractivity contribution in [2.24, 2.45) is 5.92 Å². The molecule has 1 heterocycles. The highest BCUT2D eigenvalue weighted by atomic mass is 16.5. The van der Waals surface area contributed by atoms with E-state index in [0.29, 0.717) is 6.42 Å². The maximum Gasteiger partial charge on any atom is 0.332 e. The summed E-state index contributed by atoms with van der Waals surface area (Å²) in [5.74, 6) is -0.703. The van der Waals surface area contributed by atoms with Crippen LogP contribution in [-0.2, 0) is 9.53 Å². The first-order chi connectivity index (χ1) is 13.9. The van der Waals surface area contributed by atoms with Gasteiger partial charge in [0.15, 0.2) is 6.10 Å². The SMILES string of the molecule is Cc1ccc(-c2ccc(C(O[C@@H](CC(C)C)C(=O)O)c3ccccc3)cc2)cn1. The van der Waals surface area contributed by atoms with Crippen molar-refractivity contribution in [2.45, 2.75) is 39.4 Å². The highest BCUT2D eigenvalue weighted by molar-refractivity contribution is 5.72. The van der Waals surface area contributed by atoms with E-state index >= 15 is 0 Å². The Kier molecular flexibility index (Phi) is 6.78. The first kappa shape index (κ1) is 20.7. The molecule has 29 heavy (non-hydrogen) atoms. The second-order valence-corrected chi connectivity index (χ2v) is 7.69. The van der Waals surface area contributed by atoms with E-state index in [-0.39, 0.29) is 5.92 Å². The first-order valence-corrected chi connectivity index (χ1v) is 9.90. The van der Waals surface area contributed by atoms with Gasteiger partial charge in [-0.1, -0.05) is 74.5 Å². The largest absolute Gasteiger partial charge is 0.479 e. The van der Waals surface area contributed by atoms with Crippen LogP contribution in [0.5, 0.6) is 0 Å². The van der Waals surface area contributed by atoms with E-state index in [2.05, 4.69) is 4.98 Å². The molecular formula is C25H27NO3. The average molecular weight is 389 g/mol. The van der Waals surface area contributed by atoms with Crippen LogP contribution >= 0.6 is 0 Å². The molecule has 3 aromatic rings. The van der Waals surface area contributed by atoms with Crippen LogP contribution in [0.3, 0.4) is 0 Å². The van der Waals surface area contributed by atoms with E-state index in [1.165, 1.54) is 0 Å². The minimum absolute atomic E-state index is 0.226. The fourth-order valence-corrected chi connectivity index (χ4v) is 3.27. The zero-order chi connectivity index (χ0) is 20.8. The minimum atomic E-state index is -0.929. The Morgan fingerprint density at radius 3 is 2.10 bits per heavy atom. The van der Waals surface area contributed by atoms with Crippen molar-refractivity contribution in [1.29, 1.82) is 0 Å². The molecule has 0 saturated carbocycles. The maximum absolute atomic E-state index is 11.8. The first-order valence-electron chi connectivity index (χ1n) is 9.90. The molecule has 3 rings (SSSR count). The van der Waals surface area contributed by atoms with Crippen molar-refractivity contribution in [1.82, 2.24) is 4.98 Å². The van der Waals surface area contributed by atoms with Crippen LogP contribution in [0, 0.1) is 12.8 Å². The van der Waals surface area contributed by atoms with Gasteiger partial charge < -0.3 is 9.84 Å². The number of carboxylic acid groups (broad SMARTS) is 1. The molecule has 2 atom stereocenters. The summed E-state index contributed by atoms with van der Waals surface area (Å²) in [5, 5.41) is 9.65. The van der Waals surface area contributed by atoms with E-state index in [1.54, 1.807) is 0 Å². The molecule has 150 valence electrons. The van der Waals surface area contributed by atoms with Crippen LogP contribution in [0.25, 0.3) is 11.1 Å². The van der Waals surface area contributed by atoms with Gasteiger partial charge in [-0.05, 0) is 42.0 Å². The molecule has 0 aliphatic carbocycles. The van der Waals surface area contributed by atoms with Gasteiger partial charge in [-0.15, -0.1) is 0 Å². The molecule has 1 N–H and O–H groups in total. The summed E-state index contributed by atoms with van der Waals surface area (Å²) in [4.78, 5) is 16.1. The third-order valence-corrected chi connectivity index (χ3v) is 4.82. The molecule has 0 spiro atoms. The normalized spacial score (nSPS) is 13.2. The number of hydrogen-bond acceptors (Lipinski definition) is 3. The quantitative estimate of drug-likeness (QED) is 0.540. The average Bonchev–Trinajstić information content (AvgIpc) is 2.72. The number of aryl methyl sites for hydroxylation is 1. The summed E-state index contributed by atoms with van der Waals surface area (Å²) in [7, 11) is 0. The van der Waals surface area contributed by atoms with E-state index in [9.17, 15) is 9.90 Å². The third kappa shape index (κ3) is 5.52. The molecule has 0 fully saturated rings. The topological polar surface area (TPSA) is 59.4 Å². The van der Waals surface area contributed by atoms with Crippen LogP contribution in [-0.4, -0.2) is 22.2 Å². The van der Waals surface area contributed by atoms with Crippen molar-refractivity contribution in [2.75, 3.05) is 0 Å². The Hall–Kier alpha value is -2.98. The Morgan fingerprint density at radius 2 is 1.55 bits per heavy atom. The van der Waals surface area contributed by atoms with Crippen molar-refractivity contribution in [3.05, 3.63) is 89.7 Å². The smallest absolute Gasteiger partial charge is 0.332 e. The predicted octanol–water partition coefficient (Wildman–Crippen LogP) is 5.66. The molecule has 0 saturated heterocycles. The minimum Gasteiger partial charge on any atom is -0.479 e. The Labute approximate surface area is 172 Å². The number of carbonyl (C=O) groups is 1. The molecule has 4 heteroatoms. The number of hydrogen-bond donors (Lipinski definition) is 1. The lowest BCUT2D eigenvalue weighted by atomic mass is 9.97. The third-order valence-electron chi connectivity index (χ3n) is 4.82. The van der Waals surface area contributed by atoms with E-state index < -0.39 is 18.2 Å². The summed E-state index contributed by atoms with van der Waals surface area (Å²) in [6.07, 6.45) is 1.02. The highest BCUT2D eigenvalue weighted by Crippen LogP contribution is 2.30. The number of rotatable bonds is 8. The number of pyridine rings is 1. The molecule has 1 unspecified atom stereocenters. The van der Waals surface area contributed by atoms with Crippen molar-refractivity contribution in [3.63, 3.8) is 0 Å². The number of aromatic nitrogens is 1. The summed E-state index contributed by atoms with van der Waals surface area (Å²) in [5.41, 5.74) is 4.95. The van der Waals surface area contributed by atoms with Crippen molar-refractivity contribution >= 4 is 5.97 Å². The number of benzene rings is 2. The van der Waals surface area contributed by atoms with Crippen LogP contribution in [0.15, 0.2) is 72.9 Å². The van der Waals surface area contributed by atoms with Crippen molar-refractivity contribution in [3.8, 4) is 11.1 Å². The summed E-state index contributed by atoms with van der Waals surface area (Å²) >= 11 is 0. The Bertz CT molecular complexity index is 919. The standard InChI is InChI=1S/C25H27NO3/c1-17(2)15-23(25(27)28)29-24(20-7-5-4-6-8-20)21-13-11-19(12-14-21)22-10-9-18(3)26-16-22/h4-14,16-17,23-24H,15H2,1-3H3,(H,27,28)/t23-,24?/m0/s1. The van der Waals surface area contributed by atoms with Gasteiger partial charge >= 0.3 is 5.97 Å². The number of ether oxygens (including phenoxy) is 1. The summed E-state index contributed by atoms with van der Waals surface area (Å²) in [6, 6.07) is 21.9. The van der Waals surface area contributed by atoms with Crippen molar-refractivity contribution < 1.29 is 14.6 Å². The van der Waals surface area contributed by atoms with Gasteiger partial charge in [-0.3, -0.25) is 4.98 Å². The molecule has 2 aromatic carbocycles.